The lowest BCUT2D eigenvalue weighted by Crippen LogP contribution is -2.32. The predicted molar refractivity (Wildman–Crippen MR) is 81.5 cm³/mol. The molecule has 0 radical (unpaired) electrons. The summed E-state index contributed by atoms with van der Waals surface area (Å²) in [5, 5.41) is 0.129. The fraction of sp³-hybridized carbons (Fsp3) is 0.417. The number of nitrogens with two attached hydrogens (primary N) is 1. The number of hydrogen-bond acceptors (Lipinski definition) is 4. The van der Waals surface area contributed by atoms with Crippen LogP contribution in [-0.4, -0.2) is 32.7 Å². The Bertz CT molecular complexity index is 613. The Kier molecular flexibility index (Phi) is 4.98. The van der Waals surface area contributed by atoms with E-state index in [-0.39, 0.29) is 27.6 Å². The average Bonchev–Trinajstić information content (AvgIpc) is 2.89. The third-order valence-corrected chi connectivity index (χ3v) is 5.17. The maximum Gasteiger partial charge on any atom is 0.242 e. The first-order valence-corrected chi connectivity index (χ1v) is 8.38. The molecule has 1 saturated heterocycles. The minimum Gasteiger partial charge on any atom is -0.389 e. The number of hydrogen-bond donors (Lipinski definition) is 2. The second kappa shape index (κ2) is 6.36. The van der Waals surface area contributed by atoms with Crippen LogP contribution < -0.4 is 10.5 Å². The molecule has 0 bridgehead atoms. The summed E-state index contributed by atoms with van der Waals surface area (Å²) in [6, 6.07) is 4.43. The molecule has 0 aromatic heterocycles. The van der Waals surface area contributed by atoms with Crippen molar-refractivity contribution in [1.29, 1.82) is 0 Å². The summed E-state index contributed by atoms with van der Waals surface area (Å²) in [5.74, 6) is 0. The van der Waals surface area contributed by atoms with Crippen LogP contribution in [0.1, 0.15) is 18.4 Å². The molecule has 1 atom stereocenters. The van der Waals surface area contributed by atoms with Crippen molar-refractivity contribution in [3.8, 4) is 0 Å². The molecule has 3 N–H and O–H groups in total. The summed E-state index contributed by atoms with van der Waals surface area (Å²) in [5.41, 5.74) is 5.96. The van der Waals surface area contributed by atoms with Crippen LogP contribution in [0.4, 0.5) is 0 Å². The molecule has 110 valence electrons. The van der Waals surface area contributed by atoms with E-state index in [0.29, 0.717) is 12.2 Å². The fourth-order valence-corrected chi connectivity index (χ4v) is 3.67. The van der Waals surface area contributed by atoms with Crippen LogP contribution in [0.2, 0.25) is 5.02 Å². The Balaban J connectivity index is 2.19. The summed E-state index contributed by atoms with van der Waals surface area (Å²) < 4.78 is 32.4. The summed E-state index contributed by atoms with van der Waals surface area (Å²) in [6.45, 7) is 0.903. The number of ether oxygens (including phenoxy) is 1. The van der Waals surface area contributed by atoms with Crippen molar-refractivity contribution >= 4 is 38.8 Å². The van der Waals surface area contributed by atoms with Gasteiger partial charge in [0.15, 0.2) is 0 Å². The van der Waals surface area contributed by atoms with Gasteiger partial charge in [-0.1, -0.05) is 29.9 Å². The number of sulfonamides is 1. The summed E-state index contributed by atoms with van der Waals surface area (Å²) in [7, 11) is -3.71. The molecule has 1 heterocycles. The lowest BCUT2D eigenvalue weighted by Gasteiger charge is -2.13. The van der Waals surface area contributed by atoms with E-state index >= 15 is 0 Å². The van der Waals surface area contributed by atoms with Gasteiger partial charge < -0.3 is 10.5 Å². The van der Waals surface area contributed by atoms with Gasteiger partial charge in [0.05, 0.1) is 11.1 Å². The highest BCUT2D eigenvalue weighted by Crippen LogP contribution is 2.23. The maximum atomic E-state index is 12.2. The highest BCUT2D eigenvalue weighted by Gasteiger charge is 2.22. The molecule has 2 rings (SSSR count). The van der Waals surface area contributed by atoms with Crippen molar-refractivity contribution in [1.82, 2.24) is 4.72 Å². The van der Waals surface area contributed by atoms with Gasteiger partial charge in [-0.25, -0.2) is 13.1 Å². The lowest BCUT2D eigenvalue weighted by molar-refractivity contribution is 0.114. The minimum absolute atomic E-state index is 0.0255. The van der Waals surface area contributed by atoms with Crippen LogP contribution in [0, 0.1) is 0 Å². The van der Waals surface area contributed by atoms with E-state index in [9.17, 15) is 8.42 Å². The van der Waals surface area contributed by atoms with Gasteiger partial charge in [0.1, 0.15) is 9.88 Å². The molecule has 8 heteroatoms. The smallest absolute Gasteiger partial charge is 0.242 e. The number of rotatable bonds is 5. The highest BCUT2D eigenvalue weighted by molar-refractivity contribution is 7.89. The zero-order valence-electron chi connectivity index (χ0n) is 10.6. The molecule has 0 aliphatic carbocycles. The van der Waals surface area contributed by atoms with Crippen molar-refractivity contribution < 1.29 is 13.2 Å². The molecule has 0 spiro atoms. The Morgan fingerprint density at radius 2 is 2.30 bits per heavy atom. The van der Waals surface area contributed by atoms with E-state index in [1.807, 2.05) is 0 Å². The Morgan fingerprint density at radius 3 is 2.90 bits per heavy atom. The van der Waals surface area contributed by atoms with Gasteiger partial charge in [-0.15, -0.1) is 0 Å². The molecule has 20 heavy (non-hydrogen) atoms. The van der Waals surface area contributed by atoms with Gasteiger partial charge in [-0.3, -0.25) is 0 Å². The van der Waals surface area contributed by atoms with Crippen LogP contribution in [0.5, 0.6) is 0 Å². The van der Waals surface area contributed by atoms with Gasteiger partial charge >= 0.3 is 0 Å². The molecular formula is C12H15ClN2O3S2. The predicted octanol–water partition coefficient (Wildman–Crippen LogP) is 1.43. The average molecular weight is 335 g/mol. The summed E-state index contributed by atoms with van der Waals surface area (Å²) in [4.78, 5) is 0.0970. The van der Waals surface area contributed by atoms with Gasteiger partial charge in [0, 0.05) is 18.7 Å². The quantitative estimate of drug-likeness (QED) is 0.796. The molecular weight excluding hydrogens is 320 g/mol. The van der Waals surface area contributed by atoms with Crippen LogP contribution >= 0.6 is 23.8 Å². The van der Waals surface area contributed by atoms with E-state index in [0.717, 1.165) is 12.8 Å². The van der Waals surface area contributed by atoms with E-state index in [2.05, 4.69) is 4.72 Å². The molecule has 1 aromatic rings. The monoisotopic (exact) mass is 334 g/mol. The third kappa shape index (κ3) is 3.67. The zero-order chi connectivity index (χ0) is 14.8. The second-order valence-corrected chi connectivity index (χ2v) is 7.08. The molecule has 1 aliphatic rings. The SMILES string of the molecule is NC(=S)c1ccc(Cl)c(S(=O)(=O)NCC2CCCO2)c1. The van der Waals surface area contributed by atoms with E-state index in [1.165, 1.54) is 12.1 Å². The normalized spacial score (nSPS) is 19.1. The molecule has 1 unspecified atom stereocenters. The van der Waals surface area contributed by atoms with Crippen molar-refractivity contribution in [2.24, 2.45) is 5.73 Å². The Hall–Kier alpha value is -0.730. The molecule has 5 nitrogen and oxygen atoms in total. The van der Waals surface area contributed by atoms with Crippen LogP contribution in [-0.2, 0) is 14.8 Å². The third-order valence-electron chi connectivity index (χ3n) is 3.03. The van der Waals surface area contributed by atoms with Crippen LogP contribution in [0.15, 0.2) is 23.1 Å². The first-order valence-electron chi connectivity index (χ1n) is 6.11. The van der Waals surface area contributed by atoms with E-state index < -0.39 is 10.0 Å². The second-order valence-electron chi connectivity index (χ2n) is 4.50. The van der Waals surface area contributed by atoms with Crippen molar-refractivity contribution in [3.63, 3.8) is 0 Å². The minimum atomic E-state index is -3.71. The standard InChI is InChI=1S/C12H15ClN2O3S2/c13-10-4-3-8(12(14)19)6-11(10)20(16,17)15-7-9-2-1-5-18-9/h3-4,6,9,15H,1-2,5,7H2,(H2,14,19). The van der Waals surface area contributed by atoms with Crippen LogP contribution in [0.25, 0.3) is 0 Å². The lowest BCUT2D eigenvalue weighted by atomic mass is 10.2. The molecule has 1 fully saturated rings. The topological polar surface area (TPSA) is 81.4 Å². The van der Waals surface area contributed by atoms with Crippen molar-refractivity contribution in [2.75, 3.05) is 13.2 Å². The number of benzene rings is 1. The first-order chi connectivity index (χ1) is 9.40. The van der Waals surface area contributed by atoms with Gasteiger partial charge in [-0.05, 0) is 25.0 Å². The molecule has 0 amide bonds. The summed E-state index contributed by atoms with van der Waals surface area (Å²) >= 11 is 10.8. The van der Waals surface area contributed by atoms with Crippen LogP contribution in [0.3, 0.4) is 0 Å². The van der Waals surface area contributed by atoms with Crippen molar-refractivity contribution in [2.45, 2.75) is 23.8 Å². The Morgan fingerprint density at radius 1 is 1.55 bits per heavy atom. The van der Waals surface area contributed by atoms with E-state index in [4.69, 9.17) is 34.3 Å². The Labute approximate surface area is 128 Å². The zero-order valence-corrected chi connectivity index (χ0v) is 13.0. The number of halogens is 1. The molecule has 1 aliphatic heterocycles. The first kappa shape index (κ1) is 15.7. The van der Waals surface area contributed by atoms with Gasteiger partial charge in [-0.2, -0.15) is 0 Å². The number of nitrogens with one attached hydrogen (secondary N) is 1. The highest BCUT2D eigenvalue weighted by atomic mass is 35.5. The largest absolute Gasteiger partial charge is 0.389 e. The molecule has 1 aromatic carbocycles. The summed E-state index contributed by atoms with van der Waals surface area (Å²) in [6.07, 6.45) is 1.72. The molecule has 0 saturated carbocycles. The fourth-order valence-electron chi connectivity index (χ4n) is 1.95. The number of thiocarbonyl (C=S) groups is 1. The maximum absolute atomic E-state index is 12.2. The van der Waals surface area contributed by atoms with Crippen molar-refractivity contribution in [3.05, 3.63) is 28.8 Å². The van der Waals surface area contributed by atoms with Gasteiger partial charge in [0.25, 0.3) is 0 Å². The van der Waals surface area contributed by atoms with Gasteiger partial charge in [0.2, 0.25) is 10.0 Å². The van der Waals surface area contributed by atoms with E-state index in [1.54, 1.807) is 6.07 Å².